The lowest BCUT2D eigenvalue weighted by molar-refractivity contribution is -0.138. The fourth-order valence-electron chi connectivity index (χ4n) is 1.36. The number of nitrogens with zero attached hydrogens (tertiary/aromatic N) is 1. The molecule has 0 bridgehead atoms. The second-order valence-electron chi connectivity index (χ2n) is 3.56. The maximum absolute atomic E-state index is 12.7. The summed E-state index contributed by atoms with van der Waals surface area (Å²) < 4.78 is 12.7. The van der Waals surface area contributed by atoms with E-state index in [0.29, 0.717) is 6.54 Å². The van der Waals surface area contributed by atoms with Crippen LogP contribution in [0.2, 0.25) is 0 Å². The van der Waals surface area contributed by atoms with Crippen LogP contribution in [-0.4, -0.2) is 41.4 Å². The number of benzene rings is 1. The molecular weight excluding hydrogens is 241 g/mol. The summed E-state index contributed by atoms with van der Waals surface area (Å²) in [5.74, 6) is -0.249. The molecule has 17 heavy (non-hydrogen) atoms. The van der Waals surface area contributed by atoms with Crippen LogP contribution in [0.25, 0.3) is 0 Å². The van der Waals surface area contributed by atoms with E-state index in [2.05, 4.69) is 0 Å². The van der Waals surface area contributed by atoms with Crippen molar-refractivity contribution in [3.63, 3.8) is 0 Å². The Balaban J connectivity index is 2.30. The highest BCUT2D eigenvalue weighted by Gasteiger charge is 2.06. The van der Waals surface area contributed by atoms with E-state index in [1.165, 1.54) is 12.1 Å². The highest BCUT2D eigenvalue weighted by molar-refractivity contribution is 7.99. The number of carbonyl (C=O) groups is 1. The van der Waals surface area contributed by atoms with Gasteiger partial charge in [-0.25, -0.2) is 4.39 Å². The van der Waals surface area contributed by atoms with Gasteiger partial charge in [-0.15, -0.1) is 11.8 Å². The Bertz CT molecular complexity index is 356. The number of likely N-dealkylation sites (N-methyl/N-ethyl adjacent to an activating group) is 1. The van der Waals surface area contributed by atoms with Crippen molar-refractivity contribution < 1.29 is 14.3 Å². The number of rotatable bonds is 7. The number of halogens is 1. The predicted octanol–water partition coefficient (Wildman–Crippen LogP) is 2.32. The van der Waals surface area contributed by atoms with Gasteiger partial charge in [-0.05, 0) is 30.8 Å². The van der Waals surface area contributed by atoms with E-state index < -0.39 is 5.97 Å². The lowest BCUT2D eigenvalue weighted by Gasteiger charge is -2.17. The average molecular weight is 257 g/mol. The molecule has 0 aliphatic heterocycles. The van der Waals surface area contributed by atoms with Gasteiger partial charge in [0.15, 0.2) is 0 Å². The molecule has 1 N–H and O–H groups in total. The molecule has 94 valence electrons. The second-order valence-corrected chi connectivity index (χ2v) is 4.73. The van der Waals surface area contributed by atoms with Gasteiger partial charge in [-0.1, -0.05) is 6.92 Å². The molecule has 1 aromatic carbocycles. The molecule has 0 heterocycles. The third kappa shape index (κ3) is 5.70. The number of carboxylic acids is 1. The summed E-state index contributed by atoms with van der Waals surface area (Å²) in [6.07, 6.45) is 0. The summed E-state index contributed by atoms with van der Waals surface area (Å²) >= 11 is 1.60. The third-order valence-corrected chi connectivity index (χ3v) is 3.29. The number of aliphatic carboxylic acids is 1. The largest absolute Gasteiger partial charge is 0.480 e. The quantitative estimate of drug-likeness (QED) is 0.761. The van der Waals surface area contributed by atoms with E-state index in [0.717, 1.165) is 17.2 Å². The Hall–Kier alpha value is -1.07. The van der Waals surface area contributed by atoms with Gasteiger partial charge in [-0.2, -0.15) is 0 Å². The normalized spacial score (nSPS) is 10.8. The van der Waals surface area contributed by atoms with Gasteiger partial charge in [0, 0.05) is 17.2 Å². The van der Waals surface area contributed by atoms with Crippen LogP contribution in [0.5, 0.6) is 0 Å². The lowest BCUT2D eigenvalue weighted by atomic mass is 10.4. The summed E-state index contributed by atoms with van der Waals surface area (Å²) in [4.78, 5) is 13.4. The van der Waals surface area contributed by atoms with Gasteiger partial charge in [0.05, 0.1) is 6.54 Å². The average Bonchev–Trinajstić information content (AvgIpc) is 2.30. The topological polar surface area (TPSA) is 40.5 Å². The van der Waals surface area contributed by atoms with Crippen molar-refractivity contribution in [2.75, 3.05) is 25.4 Å². The molecule has 0 aliphatic carbocycles. The smallest absolute Gasteiger partial charge is 0.317 e. The van der Waals surface area contributed by atoms with Crippen LogP contribution >= 0.6 is 11.8 Å². The minimum atomic E-state index is -0.807. The van der Waals surface area contributed by atoms with Crippen LogP contribution in [0, 0.1) is 5.82 Å². The van der Waals surface area contributed by atoms with Crippen molar-refractivity contribution in [3.05, 3.63) is 30.1 Å². The van der Waals surface area contributed by atoms with Crippen LogP contribution in [0.15, 0.2) is 29.2 Å². The minimum Gasteiger partial charge on any atom is -0.480 e. The summed E-state index contributed by atoms with van der Waals surface area (Å²) in [7, 11) is 0. The van der Waals surface area contributed by atoms with E-state index in [1.807, 2.05) is 11.8 Å². The Kier molecular flexibility index (Phi) is 6.00. The first-order valence-corrected chi connectivity index (χ1v) is 6.43. The van der Waals surface area contributed by atoms with E-state index >= 15 is 0 Å². The van der Waals surface area contributed by atoms with Gasteiger partial charge in [-0.3, -0.25) is 9.69 Å². The van der Waals surface area contributed by atoms with Gasteiger partial charge >= 0.3 is 5.97 Å². The van der Waals surface area contributed by atoms with Crippen molar-refractivity contribution in [3.8, 4) is 0 Å². The molecule has 0 radical (unpaired) electrons. The fraction of sp³-hybridized carbons (Fsp3) is 0.417. The first kappa shape index (κ1) is 14.0. The molecule has 0 fully saturated rings. The second kappa shape index (κ2) is 7.29. The molecule has 1 rings (SSSR count). The Morgan fingerprint density at radius 3 is 2.59 bits per heavy atom. The predicted molar refractivity (Wildman–Crippen MR) is 66.9 cm³/mol. The van der Waals surface area contributed by atoms with Crippen molar-refractivity contribution in [2.45, 2.75) is 11.8 Å². The Morgan fingerprint density at radius 2 is 2.06 bits per heavy atom. The SMILES string of the molecule is CCN(CCSc1ccc(F)cc1)CC(=O)O. The van der Waals surface area contributed by atoms with E-state index in [9.17, 15) is 9.18 Å². The van der Waals surface area contributed by atoms with Crippen LogP contribution in [-0.2, 0) is 4.79 Å². The molecule has 3 nitrogen and oxygen atoms in total. The number of carboxylic acid groups (broad SMARTS) is 1. The van der Waals surface area contributed by atoms with Crippen LogP contribution in [0.3, 0.4) is 0 Å². The molecule has 0 unspecified atom stereocenters. The summed E-state index contributed by atoms with van der Waals surface area (Å²) in [5.41, 5.74) is 0. The van der Waals surface area contributed by atoms with Crippen molar-refractivity contribution >= 4 is 17.7 Å². The van der Waals surface area contributed by atoms with Gasteiger partial charge in [0.1, 0.15) is 5.82 Å². The number of hydrogen-bond acceptors (Lipinski definition) is 3. The van der Waals surface area contributed by atoms with E-state index in [1.54, 1.807) is 23.9 Å². The molecule has 0 aromatic heterocycles. The van der Waals surface area contributed by atoms with Crippen LogP contribution in [0.1, 0.15) is 6.92 Å². The highest BCUT2D eigenvalue weighted by atomic mass is 32.2. The molecule has 0 saturated heterocycles. The molecule has 0 aliphatic rings. The maximum Gasteiger partial charge on any atom is 0.317 e. The van der Waals surface area contributed by atoms with E-state index in [-0.39, 0.29) is 12.4 Å². The Labute approximate surface area is 105 Å². The van der Waals surface area contributed by atoms with Gasteiger partial charge in [0.2, 0.25) is 0 Å². The summed E-state index contributed by atoms with van der Waals surface area (Å²) in [6.45, 7) is 3.44. The fourth-order valence-corrected chi connectivity index (χ4v) is 2.28. The van der Waals surface area contributed by atoms with E-state index in [4.69, 9.17) is 5.11 Å². The van der Waals surface area contributed by atoms with Gasteiger partial charge < -0.3 is 5.11 Å². The van der Waals surface area contributed by atoms with Crippen molar-refractivity contribution in [1.29, 1.82) is 0 Å². The van der Waals surface area contributed by atoms with Crippen molar-refractivity contribution in [2.24, 2.45) is 0 Å². The summed E-state index contributed by atoms with van der Waals surface area (Å²) in [6, 6.07) is 6.31. The van der Waals surface area contributed by atoms with Crippen LogP contribution < -0.4 is 0 Å². The molecule has 1 aromatic rings. The third-order valence-electron chi connectivity index (χ3n) is 2.30. The standard InChI is InChI=1S/C12H16FNO2S/c1-2-14(9-12(15)16)7-8-17-11-5-3-10(13)4-6-11/h3-6H,2,7-9H2,1H3,(H,15,16). The zero-order valence-electron chi connectivity index (χ0n) is 9.73. The molecule has 0 atom stereocenters. The minimum absolute atomic E-state index is 0.0699. The molecule has 0 spiro atoms. The maximum atomic E-state index is 12.7. The first-order chi connectivity index (χ1) is 8.11. The van der Waals surface area contributed by atoms with Crippen LogP contribution in [0.4, 0.5) is 4.39 Å². The lowest BCUT2D eigenvalue weighted by Crippen LogP contribution is -2.31. The zero-order chi connectivity index (χ0) is 12.7. The number of hydrogen-bond donors (Lipinski definition) is 1. The van der Waals surface area contributed by atoms with Crippen molar-refractivity contribution in [1.82, 2.24) is 4.90 Å². The first-order valence-electron chi connectivity index (χ1n) is 5.44. The van der Waals surface area contributed by atoms with Gasteiger partial charge in [0.25, 0.3) is 0 Å². The molecular formula is C12H16FNO2S. The number of thioether (sulfide) groups is 1. The molecule has 0 amide bonds. The Morgan fingerprint density at radius 1 is 1.41 bits per heavy atom. The molecule has 5 heteroatoms. The highest BCUT2D eigenvalue weighted by Crippen LogP contribution is 2.17. The summed E-state index contributed by atoms with van der Waals surface area (Å²) in [5, 5.41) is 8.67. The monoisotopic (exact) mass is 257 g/mol. The molecule has 0 saturated carbocycles. The zero-order valence-corrected chi connectivity index (χ0v) is 10.5.